The number of amides is 1. The molecular formula is C18H19N5O2. The summed E-state index contributed by atoms with van der Waals surface area (Å²) < 4.78 is 7.11. The first-order chi connectivity index (χ1) is 12.0. The fraction of sp³-hybridized carbons (Fsp3) is 0.222. The Labute approximate surface area is 145 Å². The monoisotopic (exact) mass is 337 g/mol. The Morgan fingerprint density at radius 3 is 2.68 bits per heavy atom. The van der Waals surface area contributed by atoms with E-state index in [4.69, 9.17) is 4.74 Å². The van der Waals surface area contributed by atoms with Crippen LogP contribution in [0.15, 0.2) is 48.9 Å². The minimum Gasteiger partial charge on any atom is -0.474 e. The van der Waals surface area contributed by atoms with E-state index < -0.39 is 0 Å². The molecule has 0 aliphatic heterocycles. The number of nitrogens with one attached hydrogen (secondary N) is 1. The molecule has 0 unspecified atom stereocenters. The lowest BCUT2D eigenvalue weighted by Crippen LogP contribution is -2.14. The molecule has 0 atom stereocenters. The summed E-state index contributed by atoms with van der Waals surface area (Å²) >= 11 is 0. The second kappa shape index (κ2) is 7.12. The molecule has 7 heteroatoms. The van der Waals surface area contributed by atoms with E-state index in [9.17, 15) is 4.79 Å². The SMILES string of the molecule is CC(C)Oc1cncc(NC(=O)c2cn(C)nc2-c2ccccc2)n1. The van der Waals surface area contributed by atoms with Crippen molar-refractivity contribution in [1.82, 2.24) is 19.7 Å². The number of hydrogen-bond donors (Lipinski definition) is 1. The van der Waals surface area contributed by atoms with Gasteiger partial charge in [-0.2, -0.15) is 10.1 Å². The van der Waals surface area contributed by atoms with E-state index in [1.54, 1.807) is 17.9 Å². The molecule has 1 amide bonds. The van der Waals surface area contributed by atoms with Crippen LogP contribution >= 0.6 is 0 Å². The molecule has 0 fully saturated rings. The molecule has 0 radical (unpaired) electrons. The molecule has 25 heavy (non-hydrogen) atoms. The minimum atomic E-state index is -0.303. The highest BCUT2D eigenvalue weighted by Gasteiger charge is 2.18. The predicted octanol–water partition coefficient (Wildman–Crippen LogP) is 2.92. The van der Waals surface area contributed by atoms with Crippen molar-refractivity contribution in [1.29, 1.82) is 0 Å². The third kappa shape index (κ3) is 4.00. The molecule has 3 rings (SSSR count). The smallest absolute Gasteiger partial charge is 0.260 e. The summed E-state index contributed by atoms with van der Waals surface area (Å²) in [7, 11) is 1.78. The predicted molar refractivity (Wildman–Crippen MR) is 94.4 cm³/mol. The van der Waals surface area contributed by atoms with Crippen molar-refractivity contribution in [3.63, 3.8) is 0 Å². The van der Waals surface area contributed by atoms with Crippen molar-refractivity contribution in [3.8, 4) is 17.1 Å². The Morgan fingerprint density at radius 1 is 1.20 bits per heavy atom. The second-order valence-electron chi connectivity index (χ2n) is 5.79. The quantitative estimate of drug-likeness (QED) is 0.774. The van der Waals surface area contributed by atoms with Crippen LogP contribution in [0, 0.1) is 0 Å². The highest BCUT2D eigenvalue weighted by Crippen LogP contribution is 2.22. The van der Waals surface area contributed by atoms with Gasteiger partial charge in [-0.05, 0) is 13.8 Å². The van der Waals surface area contributed by atoms with Crippen LogP contribution in [0.5, 0.6) is 5.88 Å². The van der Waals surface area contributed by atoms with Crippen molar-refractivity contribution in [2.45, 2.75) is 20.0 Å². The molecule has 1 N–H and O–H groups in total. The first kappa shape index (κ1) is 16.6. The van der Waals surface area contributed by atoms with Gasteiger partial charge in [-0.25, -0.2) is 0 Å². The largest absolute Gasteiger partial charge is 0.474 e. The van der Waals surface area contributed by atoms with Crippen LogP contribution in [0.25, 0.3) is 11.3 Å². The number of rotatable bonds is 5. The molecule has 1 aromatic carbocycles. The van der Waals surface area contributed by atoms with Gasteiger partial charge in [0.15, 0.2) is 5.82 Å². The molecule has 2 aromatic heterocycles. The zero-order chi connectivity index (χ0) is 17.8. The Hall–Kier alpha value is -3.22. The fourth-order valence-corrected chi connectivity index (χ4v) is 2.35. The van der Waals surface area contributed by atoms with E-state index in [0.29, 0.717) is 23.0 Å². The minimum absolute atomic E-state index is 0.0248. The number of nitrogens with zero attached hydrogens (tertiary/aromatic N) is 4. The van der Waals surface area contributed by atoms with Crippen LogP contribution < -0.4 is 10.1 Å². The maximum absolute atomic E-state index is 12.7. The first-order valence-electron chi connectivity index (χ1n) is 7.92. The maximum Gasteiger partial charge on any atom is 0.260 e. The molecule has 3 aromatic rings. The van der Waals surface area contributed by atoms with Crippen LogP contribution in [0.4, 0.5) is 5.82 Å². The van der Waals surface area contributed by atoms with Gasteiger partial charge >= 0.3 is 0 Å². The molecule has 0 aliphatic carbocycles. The molecular weight excluding hydrogens is 318 g/mol. The number of anilines is 1. The number of aromatic nitrogens is 4. The van der Waals surface area contributed by atoms with Crippen LogP contribution in [0.1, 0.15) is 24.2 Å². The van der Waals surface area contributed by atoms with Gasteiger partial charge in [0.05, 0.1) is 24.1 Å². The van der Waals surface area contributed by atoms with E-state index in [-0.39, 0.29) is 12.0 Å². The van der Waals surface area contributed by atoms with Crippen LogP contribution in [-0.2, 0) is 7.05 Å². The summed E-state index contributed by atoms with van der Waals surface area (Å²) in [5.74, 6) is 0.385. The lowest BCUT2D eigenvalue weighted by atomic mass is 10.1. The van der Waals surface area contributed by atoms with Gasteiger partial charge in [-0.15, -0.1) is 0 Å². The average molecular weight is 337 g/mol. The third-order valence-electron chi connectivity index (χ3n) is 3.33. The Bertz CT molecular complexity index is 874. The first-order valence-corrected chi connectivity index (χ1v) is 7.92. The molecule has 0 saturated carbocycles. The summed E-state index contributed by atoms with van der Waals surface area (Å²) in [4.78, 5) is 21.0. The highest BCUT2D eigenvalue weighted by molar-refractivity contribution is 6.07. The Morgan fingerprint density at radius 2 is 1.96 bits per heavy atom. The standard InChI is InChI=1S/C18H19N5O2/c1-12(2)25-16-10-19-9-15(20-16)21-18(24)14-11-23(3)22-17(14)13-7-5-4-6-8-13/h4-12H,1-3H3,(H,20,21,24). The third-order valence-corrected chi connectivity index (χ3v) is 3.33. The van der Waals surface area contributed by atoms with Gasteiger partial charge in [-0.3, -0.25) is 14.5 Å². The fourth-order valence-electron chi connectivity index (χ4n) is 2.35. The van der Waals surface area contributed by atoms with Gasteiger partial charge in [0.25, 0.3) is 5.91 Å². The van der Waals surface area contributed by atoms with Gasteiger partial charge in [0.2, 0.25) is 5.88 Å². The number of carbonyl (C=O) groups is 1. The molecule has 0 bridgehead atoms. The zero-order valence-corrected chi connectivity index (χ0v) is 14.3. The molecule has 128 valence electrons. The number of hydrogen-bond acceptors (Lipinski definition) is 5. The maximum atomic E-state index is 12.7. The van der Waals surface area contributed by atoms with E-state index in [1.165, 1.54) is 12.4 Å². The molecule has 2 heterocycles. The Balaban J connectivity index is 1.85. The van der Waals surface area contributed by atoms with Crippen LogP contribution in [0.3, 0.4) is 0 Å². The topological polar surface area (TPSA) is 81.9 Å². The van der Waals surface area contributed by atoms with E-state index >= 15 is 0 Å². The van der Waals surface area contributed by atoms with Crippen LogP contribution in [0.2, 0.25) is 0 Å². The normalized spacial score (nSPS) is 10.7. The molecule has 0 aliphatic rings. The van der Waals surface area contributed by atoms with Crippen molar-refractivity contribution in [3.05, 3.63) is 54.5 Å². The summed E-state index contributed by atoms with van der Waals surface area (Å²) in [6, 6.07) is 9.56. The second-order valence-corrected chi connectivity index (χ2v) is 5.79. The van der Waals surface area contributed by atoms with Gasteiger partial charge in [-0.1, -0.05) is 30.3 Å². The average Bonchev–Trinajstić information content (AvgIpc) is 2.97. The zero-order valence-electron chi connectivity index (χ0n) is 14.3. The number of ether oxygens (including phenoxy) is 1. The van der Waals surface area contributed by atoms with Crippen LogP contribution in [-0.4, -0.2) is 31.8 Å². The van der Waals surface area contributed by atoms with Gasteiger partial charge in [0, 0.05) is 18.8 Å². The van der Waals surface area contributed by atoms with Gasteiger partial charge < -0.3 is 10.1 Å². The highest BCUT2D eigenvalue weighted by atomic mass is 16.5. The van der Waals surface area contributed by atoms with Crippen molar-refractivity contribution in [2.24, 2.45) is 7.05 Å². The number of carbonyl (C=O) groups excluding carboxylic acids is 1. The summed E-state index contributed by atoms with van der Waals surface area (Å²) in [6.45, 7) is 3.80. The molecule has 0 saturated heterocycles. The van der Waals surface area contributed by atoms with Crippen molar-refractivity contribution < 1.29 is 9.53 Å². The summed E-state index contributed by atoms with van der Waals surface area (Å²) in [6.07, 6.45) is 4.64. The summed E-state index contributed by atoms with van der Waals surface area (Å²) in [5.41, 5.74) is 1.95. The van der Waals surface area contributed by atoms with E-state index in [2.05, 4.69) is 20.4 Å². The number of aryl methyl sites for hydroxylation is 1. The van der Waals surface area contributed by atoms with Crippen molar-refractivity contribution >= 4 is 11.7 Å². The summed E-state index contributed by atoms with van der Waals surface area (Å²) in [5, 5.41) is 7.15. The molecule has 7 nitrogen and oxygen atoms in total. The van der Waals surface area contributed by atoms with Crippen molar-refractivity contribution in [2.75, 3.05) is 5.32 Å². The Kier molecular flexibility index (Phi) is 4.74. The van der Waals surface area contributed by atoms with E-state index in [0.717, 1.165) is 5.56 Å². The van der Waals surface area contributed by atoms with Gasteiger partial charge in [0.1, 0.15) is 5.69 Å². The number of benzene rings is 1. The lowest BCUT2D eigenvalue weighted by Gasteiger charge is -2.09. The lowest BCUT2D eigenvalue weighted by molar-refractivity contribution is 0.102. The molecule has 0 spiro atoms. The van der Waals surface area contributed by atoms with E-state index in [1.807, 2.05) is 44.2 Å².